The summed E-state index contributed by atoms with van der Waals surface area (Å²) in [6.45, 7) is 12.0. The lowest BCUT2D eigenvalue weighted by Crippen LogP contribution is -2.42. The van der Waals surface area contributed by atoms with Crippen LogP contribution < -0.4 is 4.90 Å². The van der Waals surface area contributed by atoms with Gasteiger partial charge in [-0.2, -0.15) is 0 Å². The summed E-state index contributed by atoms with van der Waals surface area (Å²) in [4.78, 5) is 32.6. The van der Waals surface area contributed by atoms with Gasteiger partial charge in [-0.25, -0.2) is 0 Å². The molecule has 7 nitrogen and oxygen atoms in total. The molecule has 2 heterocycles. The number of rotatable bonds is 8. The van der Waals surface area contributed by atoms with Crippen molar-refractivity contribution in [3.63, 3.8) is 0 Å². The van der Waals surface area contributed by atoms with Crippen molar-refractivity contribution in [2.45, 2.75) is 26.8 Å². The lowest BCUT2D eigenvalue weighted by molar-refractivity contribution is -0.140. The van der Waals surface area contributed by atoms with Crippen LogP contribution in [0.5, 0.6) is 0 Å². The summed E-state index contributed by atoms with van der Waals surface area (Å²) in [6, 6.07) is 14.7. The van der Waals surface area contributed by atoms with Crippen LogP contribution in [0, 0.1) is 6.92 Å². The molecule has 2 saturated heterocycles. The molecule has 4 rings (SSSR count). The van der Waals surface area contributed by atoms with Gasteiger partial charge in [-0.1, -0.05) is 42.0 Å². The van der Waals surface area contributed by atoms with Crippen molar-refractivity contribution in [2.75, 3.05) is 57.4 Å². The van der Waals surface area contributed by atoms with Crippen molar-refractivity contribution in [3.8, 4) is 0 Å². The van der Waals surface area contributed by atoms with Crippen LogP contribution in [0.2, 0.25) is 0 Å². The van der Waals surface area contributed by atoms with E-state index in [0.717, 1.165) is 43.0 Å². The first-order chi connectivity index (χ1) is 16.9. The molecule has 2 aliphatic rings. The fourth-order valence-corrected chi connectivity index (χ4v) is 4.85. The summed E-state index contributed by atoms with van der Waals surface area (Å²) in [6.07, 6.45) is 0. The highest BCUT2D eigenvalue weighted by Crippen LogP contribution is 2.39. The first-order valence-electron chi connectivity index (χ1n) is 12.4. The largest absolute Gasteiger partial charge is 0.507 e. The van der Waals surface area contributed by atoms with Gasteiger partial charge in [-0.15, -0.1) is 0 Å². The number of aliphatic hydroxyl groups excluding tert-OH is 1. The lowest BCUT2D eigenvalue weighted by atomic mass is 9.95. The average molecular weight is 478 g/mol. The number of benzene rings is 2. The van der Waals surface area contributed by atoms with Crippen LogP contribution in [0.15, 0.2) is 54.1 Å². The Morgan fingerprint density at radius 2 is 1.60 bits per heavy atom. The first kappa shape index (κ1) is 24.9. The highest BCUT2D eigenvalue weighted by Gasteiger charge is 2.46. The zero-order valence-corrected chi connectivity index (χ0v) is 20.9. The normalized spacial score (nSPS) is 20.4. The van der Waals surface area contributed by atoms with Crippen LogP contribution in [0.25, 0.3) is 5.76 Å². The third-order valence-corrected chi connectivity index (χ3v) is 6.96. The minimum atomic E-state index is -0.636. The number of hydrogen-bond acceptors (Lipinski definition) is 6. The number of likely N-dealkylation sites (tertiary alicyclic amines) is 1. The van der Waals surface area contributed by atoms with Gasteiger partial charge in [0.15, 0.2) is 0 Å². The monoisotopic (exact) mass is 477 g/mol. The Morgan fingerprint density at radius 3 is 2.20 bits per heavy atom. The number of morpholine rings is 1. The predicted molar refractivity (Wildman–Crippen MR) is 137 cm³/mol. The number of amides is 1. The van der Waals surface area contributed by atoms with E-state index in [2.05, 4.69) is 23.6 Å². The Hall–Kier alpha value is -3.16. The van der Waals surface area contributed by atoms with Gasteiger partial charge in [-0.05, 0) is 38.5 Å². The molecule has 0 spiro atoms. The van der Waals surface area contributed by atoms with Crippen molar-refractivity contribution in [1.82, 2.24) is 9.80 Å². The number of carbonyl (C=O) groups is 2. The van der Waals surface area contributed by atoms with Gasteiger partial charge in [0, 0.05) is 50.5 Å². The number of aryl methyl sites for hydroxylation is 1. The molecular formula is C28H35N3O4. The minimum Gasteiger partial charge on any atom is -0.507 e. The first-order valence-corrected chi connectivity index (χ1v) is 12.4. The average Bonchev–Trinajstić information content (AvgIpc) is 3.14. The van der Waals surface area contributed by atoms with Crippen molar-refractivity contribution in [3.05, 3.63) is 70.8 Å². The molecule has 1 N–H and O–H groups in total. The van der Waals surface area contributed by atoms with Gasteiger partial charge in [0.1, 0.15) is 5.76 Å². The topological polar surface area (TPSA) is 73.3 Å². The molecule has 1 amide bonds. The maximum absolute atomic E-state index is 13.2. The van der Waals surface area contributed by atoms with E-state index in [4.69, 9.17) is 4.74 Å². The van der Waals surface area contributed by atoms with Gasteiger partial charge >= 0.3 is 0 Å². The Balaban J connectivity index is 1.72. The molecule has 2 aromatic rings. The van der Waals surface area contributed by atoms with Crippen LogP contribution >= 0.6 is 0 Å². The summed E-state index contributed by atoms with van der Waals surface area (Å²) in [7, 11) is 0. The molecular weight excluding hydrogens is 442 g/mol. The number of ether oxygens (including phenoxy) is 1. The molecule has 2 aliphatic heterocycles. The molecule has 2 fully saturated rings. The SMILES string of the molecule is CCN(CC)c1ccc(C2/C(=C(\O)c3ccc(C)cc3)C(=O)C(=O)N2CCN2CCOCC2)cc1. The van der Waals surface area contributed by atoms with E-state index in [-0.39, 0.29) is 11.3 Å². The third kappa shape index (κ3) is 5.26. The molecule has 0 saturated carbocycles. The van der Waals surface area contributed by atoms with Crippen LogP contribution in [-0.2, 0) is 14.3 Å². The highest BCUT2D eigenvalue weighted by molar-refractivity contribution is 6.46. The Bertz CT molecular complexity index is 1070. The number of anilines is 1. The standard InChI is InChI=1S/C28H35N3O4/c1-4-30(5-2)23-12-10-21(11-13-23)25-24(26(32)22-8-6-20(3)7-9-22)27(33)28(34)31(25)15-14-29-16-18-35-19-17-29/h6-13,25,32H,4-5,14-19H2,1-3H3/b26-24+. The highest BCUT2D eigenvalue weighted by atomic mass is 16.5. The predicted octanol–water partition coefficient (Wildman–Crippen LogP) is 3.60. The van der Waals surface area contributed by atoms with E-state index in [9.17, 15) is 14.7 Å². The molecule has 0 bridgehead atoms. The third-order valence-electron chi connectivity index (χ3n) is 6.96. The van der Waals surface area contributed by atoms with Crippen molar-refractivity contribution in [2.24, 2.45) is 0 Å². The van der Waals surface area contributed by atoms with Gasteiger partial charge in [0.2, 0.25) is 0 Å². The van der Waals surface area contributed by atoms with Crippen molar-refractivity contribution < 1.29 is 19.4 Å². The number of carbonyl (C=O) groups excluding carboxylic acids is 2. The minimum absolute atomic E-state index is 0.130. The van der Waals surface area contributed by atoms with Crippen LogP contribution in [0.4, 0.5) is 5.69 Å². The summed E-state index contributed by atoms with van der Waals surface area (Å²) in [5.41, 5.74) is 3.64. The maximum Gasteiger partial charge on any atom is 0.295 e. The Labute approximate surface area is 207 Å². The van der Waals surface area contributed by atoms with E-state index in [0.29, 0.717) is 31.9 Å². The van der Waals surface area contributed by atoms with Crippen molar-refractivity contribution >= 4 is 23.1 Å². The number of hydrogen-bond donors (Lipinski definition) is 1. The zero-order valence-electron chi connectivity index (χ0n) is 20.9. The molecule has 0 aliphatic carbocycles. The molecule has 0 radical (unpaired) electrons. The zero-order chi connectivity index (χ0) is 24.9. The van der Waals surface area contributed by atoms with E-state index in [1.54, 1.807) is 17.0 Å². The second-order valence-electron chi connectivity index (χ2n) is 9.08. The van der Waals surface area contributed by atoms with E-state index in [1.165, 1.54) is 0 Å². The van der Waals surface area contributed by atoms with Gasteiger partial charge in [0.05, 0.1) is 24.8 Å². The molecule has 0 aromatic heterocycles. The van der Waals surface area contributed by atoms with Gasteiger partial charge in [0.25, 0.3) is 11.7 Å². The summed E-state index contributed by atoms with van der Waals surface area (Å²) >= 11 is 0. The van der Waals surface area contributed by atoms with E-state index < -0.39 is 17.7 Å². The quantitative estimate of drug-likeness (QED) is 0.356. The van der Waals surface area contributed by atoms with Crippen LogP contribution in [0.3, 0.4) is 0 Å². The molecule has 1 atom stereocenters. The number of aliphatic hydroxyl groups is 1. The second kappa shape index (κ2) is 11.1. The summed E-state index contributed by atoms with van der Waals surface area (Å²) in [5.74, 6) is -1.33. The fraction of sp³-hybridized carbons (Fsp3) is 0.429. The molecule has 7 heteroatoms. The summed E-state index contributed by atoms with van der Waals surface area (Å²) < 4.78 is 5.43. The summed E-state index contributed by atoms with van der Waals surface area (Å²) in [5, 5.41) is 11.2. The smallest absolute Gasteiger partial charge is 0.295 e. The van der Waals surface area contributed by atoms with Crippen LogP contribution in [-0.4, -0.2) is 79.1 Å². The lowest BCUT2D eigenvalue weighted by Gasteiger charge is -2.31. The molecule has 186 valence electrons. The number of Topliss-reactive ketones (excluding diaryl/α,β-unsaturated/α-hetero) is 1. The van der Waals surface area contributed by atoms with Crippen molar-refractivity contribution in [1.29, 1.82) is 0 Å². The maximum atomic E-state index is 13.2. The molecule has 1 unspecified atom stereocenters. The second-order valence-corrected chi connectivity index (χ2v) is 9.08. The van der Waals surface area contributed by atoms with E-state index >= 15 is 0 Å². The molecule has 35 heavy (non-hydrogen) atoms. The fourth-order valence-electron chi connectivity index (χ4n) is 4.85. The molecule has 2 aromatic carbocycles. The van der Waals surface area contributed by atoms with Gasteiger partial charge < -0.3 is 19.6 Å². The van der Waals surface area contributed by atoms with Crippen LogP contribution in [0.1, 0.15) is 36.6 Å². The number of nitrogens with zero attached hydrogens (tertiary/aromatic N) is 3. The van der Waals surface area contributed by atoms with E-state index in [1.807, 2.05) is 43.3 Å². The Morgan fingerprint density at radius 1 is 0.971 bits per heavy atom. The number of ketones is 1. The van der Waals surface area contributed by atoms with Gasteiger partial charge in [-0.3, -0.25) is 14.5 Å². The Kier molecular flexibility index (Phi) is 7.88.